The van der Waals surface area contributed by atoms with Gasteiger partial charge in [-0.15, -0.1) is 0 Å². The summed E-state index contributed by atoms with van der Waals surface area (Å²) in [5.74, 6) is 0. The first-order valence-corrected chi connectivity index (χ1v) is 8.48. The molecule has 5 heteroatoms. The highest BCUT2D eigenvalue weighted by Crippen LogP contribution is 2.58. The fourth-order valence-corrected chi connectivity index (χ4v) is 5.87. The van der Waals surface area contributed by atoms with Gasteiger partial charge >= 0.3 is 0 Å². The van der Waals surface area contributed by atoms with Gasteiger partial charge in [-0.3, -0.25) is 5.16 Å². The van der Waals surface area contributed by atoms with E-state index in [1.807, 2.05) is 0 Å². The average molecular weight is 277 g/mol. The van der Waals surface area contributed by atoms with E-state index in [1.54, 1.807) is 7.11 Å². The van der Waals surface area contributed by atoms with E-state index in [-0.39, 0.29) is 0 Å². The molecule has 0 aliphatic heterocycles. The number of nitrogens with zero attached hydrogens (tertiary/aromatic N) is 2. The summed E-state index contributed by atoms with van der Waals surface area (Å²) in [6.45, 7) is 17.1. The lowest BCUT2D eigenvalue weighted by atomic mass is 10.3. The zero-order valence-electron chi connectivity index (χ0n) is 13.6. The van der Waals surface area contributed by atoms with E-state index in [1.165, 1.54) is 0 Å². The Bertz CT molecular complexity index is 250. The summed E-state index contributed by atoms with van der Waals surface area (Å²) in [5, 5.41) is 8.95. The third-order valence-electron chi connectivity index (χ3n) is 3.00. The Morgan fingerprint density at radius 3 is 1.06 bits per heavy atom. The summed E-state index contributed by atoms with van der Waals surface area (Å²) in [4.78, 5) is 0. The van der Waals surface area contributed by atoms with Crippen molar-refractivity contribution >= 4 is 7.58 Å². The molecule has 0 rings (SSSR count). The third-order valence-corrected chi connectivity index (χ3v) is 6.61. The van der Waals surface area contributed by atoms with E-state index >= 15 is 0 Å². The van der Waals surface area contributed by atoms with Crippen LogP contribution in [-0.4, -0.2) is 40.6 Å². The number of hydrogen-bond acceptors (Lipinski definition) is 2. The molecule has 1 N–H and O–H groups in total. The van der Waals surface area contributed by atoms with Gasteiger partial charge in [-0.05, 0) is 55.4 Å². The second-order valence-electron chi connectivity index (χ2n) is 5.86. The van der Waals surface area contributed by atoms with Crippen LogP contribution in [0.15, 0.2) is 0 Å². The first-order chi connectivity index (χ1) is 8.09. The van der Waals surface area contributed by atoms with Gasteiger partial charge in [0.2, 0.25) is 7.58 Å². The highest BCUT2D eigenvalue weighted by molar-refractivity contribution is 7.55. The van der Waals surface area contributed by atoms with Gasteiger partial charge in [0.1, 0.15) is 0 Å². The van der Waals surface area contributed by atoms with Gasteiger partial charge in [-0.25, -0.2) is 9.34 Å². The lowest BCUT2D eigenvalue weighted by Gasteiger charge is -2.48. The standard InChI is InChI=1S/C13H32N3OP/c1-10(2)15(11(3)4)18(14,17-9)16(12(5)6)13(7)8/h10-14H,1-9H3. The lowest BCUT2D eigenvalue weighted by Crippen LogP contribution is -2.45. The van der Waals surface area contributed by atoms with Gasteiger partial charge in [0.15, 0.2) is 0 Å². The predicted octanol–water partition coefficient (Wildman–Crippen LogP) is 4.40. The van der Waals surface area contributed by atoms with Crippen molar-refractivity contribution in [3.8, 4) is 0 Å². The Balaban J connectivity index is 5.62. The Labute approximate surface area is 114 Å². The summed E-state index contributed by atoms with van der Waals surface area (Å²) < 4.78 is 10.2. The molecule has 0 aromatic rings. The molecule has 4 nitrogen and oxygen atoms in total. The van der Waals surface area contributed by atoms with Crippen molar-refractivity contribution in [3.05, 3.63) is 0 Å². The molecule has 18 heavy (non-hydrogen) atoms. The van der Waals surface area contributed by atoms with Crippen molar-refractivity contribution in [1.82, 2.24) is 9.34 Å². The zero-order chi connectivity index (χ0) is 14.7. The molecule has 110 valence electrons. The topological polar surface area (TPSA) is 39.6 Å². The van der Waals surface area contributed by atoms with Crippen LogP contribution in [0.3, 0.4) is 0 Å². The summed E-state index contributed by atoms with van der Waals surface area (Å²) in [5.41, 5.74) is 0. The monoisotopic (exact) mass is 277 g/mol. The minimum Gasteiger partial charge on any atom is -0.325 e. The number of hydrogen-bond donors (Lipinski definition) is 1. The first-order valence-electron chi connectivity index (χ1n) is 6.87. The smallest absolute Gasteiger partial charge is 0.225 e. The molecule has 0 aromatic heterocycles. The minimum atomic E-state index is -2.48. The van der Waals surface area contributed by atoms with Crippen molar-refractivity contribution in [1.29, 1.82) is 5.16 Å². The predicted molar refractivity (Wildman–Crippen MR) is 80.9 cm³/mol. The maximum atomic E-state index is 8.95. The summed E-state index contributed by atoms with van der Waals surface area (Å²) in [7, 11) is -0.802. The largest absolute Gasteiger partial charge is 0.325 e. The molecule has 0 saturated heterocycles. The molecular formula is C13H32N3OP. The maximum absolute atomic E-state index is 8.95. The fraction of sp³-hybridized carbons (Fsp3) is 1.00. The van der Waals surface area contributed by atoms with E-state index in [0.29, 0.717) is 24.2 Å². The van der Waals surface area contributed by atoms with Crippen molar-refractivity contribution in [2.45, 2.75) is 79.6 Å². The third kappa shape index (κ3) is 3.80. The molecule has 0 fully saturated rings. The van der Waals surface area contributed by atoms with Crippen LogP contribution >= 0.6 is 7.58 Å². The van der Waals surface area contributed by atoms with Crippen molar-refractivity contribution in [3.63, 3.8) is 0 Å². The fourth-order valence-electron chi connectivity index (χ4n) is 2.75. The molecular weight excluding hydrogens is 245 g/mol. The molecule has 0 spiro atoms. The van der Waals surface area contributed by atoms with Gasteiger partial charge in [0.25, 0.3) is 0 Å². The summed E-state index contributed by atoms with van der Waals surface area (Å²) in [6, 6.07) is 1.21. The minimum absolute atomic E-state index is 0.302. The Hall–Kier alpha value is 0.110. The number of rotatable bonds is 7. The van der Waals surface area contributed by atoms with Crippen molar-refractivity contribution in [2.24, 2.45) is 0 Å². The Morgan fingerprint density at radius 1 is 0.722 bits per heavy atom. The van der Waals surface area contributed by atoms with Crippen LogP contribution in [0.4, 0.5) is 0 Å². The van der Waals surface area contributed by atoms with Gasteiger partial charge in [0.05, 0.1) is 0 Å². The van der Waals surface area contributed by atoms with Crippen LogP contribution in [0.2, 0.25) is 0 Å². The SMILES string of the molecule is COP(=N)(N(C(C)C)C(C)C)N(C(C)C)C(C)C. The first kappa shape index (κ1) is 18.1. The molecule has 0 saturated carbocycles. The van der Waals surface area contributed by atoms with Crippen molar-refractivity contribution in [2.75, 3.05) is 7.11 Å². The van der Waals surface area contributed by atoms with Crippen LogP contribution in [0, 0.1) is 5.16 Å². The Kier molecular flexibility index (Phi) is 7.09. The van der Waals surface area contributed by atoms with E-state index < -0.39 is 7.58 Å². The molecule has 0 bridgehead atoms. The molecule has 0 aliphatic carbocycles. The maximum Gasteiger partial charge on any atom is 0.225 e. The zero-order valence-corrected chi connectivity index (χ0v) is 14.5. The molecule has 0 radical (unpaired) electrons. The van der Waals surface area contributed by atoms with Crippen LogP contribution in [0.1, 0.15) is 55.4 Å². The van der Waals surface area contributed by atoms with Gasteiger partial charge < -0.3 is 4.52 Å². The van der Waals surface area contributed by atoms with Gasteiger partial charge in [-0.2, -0.15) is 0 Å². The second kappa shape index (κ2) is 7.04. The van der Waals surface area contributed by atoms with E-state index in [0.717, 1.165) is 0 Å². The number of nitrogens with one attached hydrogen (secondary N) is 1. The van der Waals surface area contributed by atoms with E-state index in [2.05, 4.69) is 64.7 Å². The van der Waals surface area contributed by atoms with E-state index in [4.69, 9.17) is 9.69 Å². The quantitative estimate of drug-likeness (QED) is 0.701. The second-order valence-corrected chi connectivity index (χ2v) is 8.24. The normalized spacial score (nSPS) is 13.9. The highest BCUT2D eigenvalue weighted by atomic mass is 31.2. The van der Waals surface area contributed by atoms with Gasteiger partial charge in [-0.1, -0.05) is 0 Å². The van der Waals surface area contributed by atoms with Crippen LogP contribution in [0.5, 0.6) is 0 Å². The highest BCUT2D eigenvalue weighted by Gasteiger charge is 2.39. The van der Waals surface area contributed by atoms with E-state index in [9.17, 15) is 0 Å². The molecule has 0 aliphatic rings. The van der Waals surface area contributed by atoms with Crippen LogP contribution in [-0.2, 0) is 4.52 Å². The van der Waals surface area contributed by atoms with Crippen LogP contribution in [0.25, 0.3) is 0 Å². The van der Waals surface area contributed by atoms with Crippen molar-refractivity contribution < 1.29 is 4.52 Å². The molecule has 0 aromatic carbocycles. The lowest BCUT2D eigenvalue weighted by molar-refractivity contribution is 0.194. The molecule has 0 heterocycles. The van der Waals surface area contributed by atoms with Gasteiger partial charge in [0, 0.05) is 31.3 Å². The molecule has 0 unspecified atom stereocenters. The summed E-state index contributed by atoms with van der Waals surface area (Å²) in [6.07, 6.45) is 0. The summed E-state index contributed by atoms with van der Waals surface area (Å²) >= 11 is 0. The molecule has 0 amide bonds. The molecule has 0 atom stereocenters. The van der Waals surface area contributed by atoms with Crippen LogP contribution < -0.4 is 0 Å². The Morgan fingerprint density at radius 2 is 0.944 bits per heavy atom. The average Bonchev–Trinajstić information content (AvgIpc) is 2.14.